The van der Waals surface area contributed by atoms with E-state index in [0.717, 1.165) is 23.7 Å². The molecule has 14 nitrogen and oxygen atoms in total. The lowest BCUT2D eigenvalue weighted by Crippen LogP contribution is -2.56. The van der Waals surface area contributed by atoms with Crippen molar-refractivity contribution in [1.82, 2.24) is 25.1 Å². The summed E-state index contributed by atoms with van der Waals surface area (Å²) in [6, 6.07) is 9.85. The third-order valence-electron chi connectivity index (χ3n) is 6.42. The Kier molecular flexibility index (Phi) is 12.3. The van der Waals surface area contributed by atoms with Crippen LogP contribution in [0.2, 0.25) is 0 Å². The lowest BCUT2D eigenvalue weighted by molar-refractivity contribution is -0.138. The number of hydrogen-bond acceptors (Lipinski definition) is 10. The number of thioether (sulfide) groups is 1. The van der Waals surface area contributed by atoms with Gasteiger partial charge in [-0.15, -0.1) is 11.8 Å². The summed E-state index contributed by atoms with van der Waals surface area (Å²) < 4.78 is 5.02. The average Bonchev–Trinajstić information content (AvgIpc) is 3.55. The number of benzene rings is 1. The van der Waals surface area contributed by atoms with Gasteiger partial charge in [-0.25, -0.2) is 14.8 Å². The lowest BCUT2D eigenvalue weighted by Gasteiger charge is -2.35. The average molecular weight is 603 g/mol. The van der Waals surface area contributed by atoms with E-state index in [1.165, 1.54) is 9.80 Å². The number of carbonyl (C=O) groups is 5. The highest BCUT2D eigenvalue weighted by Crippen LogP contribution is 2.25. The quantitative estimate of drug-likeness (QED) is 0.353. The molecule has 0 bridgehead atoms. The minimum absolute atomic E-state index is 0.0791. The summed E-state index contributed by atoms with van der Waals surface area (Å²) in [5.41, 5.74) is 0.842. The van der Waals surface area contributed by atoms with Crippen molar-refractivity contribution < 1.29 is 38.9 Å². The summed E-state index contributed by atoms with van der Waals surface area (Å²) in [5, 5.41) is 18.9. The van der Waals surface area contributed by atoms with Crippen LogP contribution >= 0.6 is 11.8 Å². The molecular formula is C27H34N6O8S. The number of anilines is 1. The summed E-state index contributed by atoms with van der Waals surface area (Å²) in [4.78, 5) is 72.8. The van der Waals surface area contributed by atoms with Crippen molar-refractivity contribution in [3.05, 3.63) is 42.1 Å². The Bertz CT molecular complexity index is 1240. The molecule has 3 amide bonds. The fourth-order valence-corrected chi connectivity index (χ4v) is 5.29. The topological polar surface area (TPSA) is 183 Å². The molecule has 0 aliphatic carbocycles. The smallest absolute Gasteiger partial charge is 0.409 e. The summed E-state index contributed by atoms with van der Waals surface area (Å²) >= 11 is 1.76. The number of carboxylic acids is 1. The van der Waals surface area contributed by atoms with Gasteiger partial charge in [0.25, 0.3) is 12.4 Å². The summed E-state index contributed by atoms with van der Waals surface area (Å²) in [6.45, 7) is 3.59. The van der Waals surface area contributed by atoms with Gasteiger partial charge in [0.2, 0.25) is 5.91 Å². The molecule has 4 rings (SSSR count). The van der Waals surface area contributed by atoms with E-state index >= 15 is 0 Å². The van der Waals surface area contributed by atoms with Crippen molar-refractivity contribution in [2.45, 2.75) is 25.8 Å². The second kappa shape index (κ2) is 16.1. The van der Waals surface area contributed by atoms with Crippen LogP contribution in [0.3, 0.4) is 0 Å². The fourth-order valence-electron chi connectivity index (χ4n) is 4.33. The molecule has 1 unspecified atom stereocenters. The van der Waals surface area contributed by atoms with Crippen LogP contribution in [-0.4, -0.2) is 117 Å². The molecule has 2 aromatic rings. The van der Waals surface area contributed by atoms with Crippen LogP contribution in [0.5, 0.6) is 0 Å². The van der Waals surface area contributed by atoms with Gasteiger partial charge in [0.05, 0.1) is 12.5 Å². The minimum atomic E-state index is -1.07. The maximum atomic E-state index is 13.4. The highest BCUT2D eigenvalue weighted by atomic mass is 32.2. The molecule has 226 valence electrons. The molecule has 15 heteroatoms. The fraction of sp³-hybridized carbons (Fsp3) is 0.444. The SMILES string of the molecule is CCOC(=O)N1CCN(C(=O)C(CCC(=O)O)NC(=O)c2cc(N3CCSC3)nc(-c3ccccc3)n2)CC1.O=CO. The van der Waals surface area contributed by atoms with Gasteiger partial charge in [-0.2, -0.15) is 0 Å². The largest absolute Gasteiger partial charge is 0.483 e. The van der Waals surface area contributed by atoms with Crippen molar-refractivity contribution in [3.63, 3.8) is 0 Å². The number of aromatic nitrogens is 2. The number of nitrogens with one attached hydrogen (secondary N) is 1. The van der Waals surface area contributed by atoms with Gasteiger partial charge in [0, 0.05) is 56.5 Å². The molecule has 1 atom stereocenters. The minimum Gasteiger partial charge on any atom is -0.483 e. The molecule has 2 saturated heterocycles. The van der Waals surface area contributed by atoms with Crippen molar-refractivity contribution in [2.24, 2.45) is 0 Å². The zero-order valence-corrected chi connectivity index (χ0v) is 24.0. The zero-order chi connectivity index (χ0) is 30.5. The first-order valence-corrected chi connectivity index (χ1v) is 14.5. The van der Waals surface area contributed by atoms with Gasteiger partial charge in [-0.3, -0.25) is 19.2 Å². The Labute approximate surface area is 247 Å². The number of amides is 3. The maximum absolute atomic E-state index is 13.4. The first-order valence-electron chi connectivity index (χ1n) is 13.4. The normalized spacial score (nSPS) is 15.2. The summed E-state index contributed by atoms with van der Waals surface area (Å²) in [7, 11) is 0. The predicted octanol–water partition coefficient (Wildman–Crippen LogP) is 1.62. The van der Waals surface area contributed by atoms with Gasteiger partial charge < -0.3 is 35.0 Å². The Morgan fingerprint density at radius 2 is 1.74 bits per heavy atom. The molecule has 0 saturated carbocycles. The van der Waals surface area contributed by atoms with E-state index in [9.17, 15) is 24.3 Å². The second-order valence-electron chi connectivity index (χ2n) is 9.18. The third-order valence-corrected chi connectivity index (χ3v) is 7.39. The number of piperazine rings is 1. The highest BCUT2D eigenvalue weighted by molar-refractivity contribution is 7.99. The Morgan fingerprint density at radius 3 is 2.33 bits per heavy atom. The van der Waals surface area contributed by atoms with E-state index in [0.29, 0.717) is 11.6 Å². The van der Waals surface area contributed by atoms with Crippen LogP contribution in [0.1, 0.15) is 30.3 Å². The van der Waals surface area contributed by atoms with Crippen molar-refractivity contribution in [3.8, 4) is 11.4 Å². The van der Waals surface area contributed by atoms with E-state index in [4.69, 9.17) is 14.6 Å². The van der Waals surface area contributed by atoms with Gasteiger partial charge in [0.15, 0.2) is 5.82 Å². The molecule has 1 aromatic heterocycles. The second-order valence-corrected chi connectivity index (χ2v) is 10.3. The van der Waals surface area contributed by atoms with Crippen LogP contribution in [-0.2, 0) is 19.1 Å². The first-order chi connectivity index (χ1) is 20.3. The van der Waals surface area contributed by atoms with Crippen molar-refractivity contribution in [2.75, 3.05) is 55.9 Å². The number of rotatable bonds is 9. The highest BCUT2D eigenvalue weighted by Gasteiger charge is 2.31. The number of hydrogen-bond donors (Lipinski definition) is 3. The summed E-state index contributed by atoms with van der Waals surface area (Å²) in [6.07, 6.45) is -0.815. The van der Waals surface area contributed by atoms with Crippen molar-refractivity contribution >= 4 is 47.9 Å². The number of aliphatic carboxylic acids is 1. The molecule has 1 aromatic carbocycles. The maximum Gasteiger partial charge on any atom is 0.409 e. The van der Waals surface area contributed by atoms with E-state index in [1.54, 1.807) is 24.8 Å². The first kappa shape index (κ1) is 32.1. The molecule has 2 fully saturated rings. The zero-order valence-electron chi connectivity index (χ0n) is 23.2. The molecule has 0 spiro atoms. The van der Waals surface area contributed by atoms with Crippen molar-refractivity contribution in [1.29, 1.82) is 0 Å². The van der Waals surface area contributed by atoms with Crippen LogP contribution in [0.25, 0.3) is 11.4 Å². The molecule has 0 radical (unpaired) electrons. The van der Waals surface area contributed by atoms with E-state index in [1.807, 2.05) is 30.3 Å². The van der Waals surface area contributed by atoms with E-state index < -0.39 is 29.9 Å². The molecule has 3 N–H and O–H groups in total. The molecule has 2 aliphatic rings. The Hall–Kier alpha value is -4.40. The van der Waals surface area contributed by atoms with Crippen LogP contribution in [0.15, 0.2) is 36.4 Å². The third kappa shape index (κ3) is 9.06. The number of nitrogens with zero attached hydrogens (tertiary/aromatic N) is 5. The Balaban J connectivity index is 0.00000155. The molecule has 42 heavy (non-hydrogen) atoms. The predicted molar refractivity (Wildman–Crippen MR) is 154 cm³/mol. The van der Waals surface area contributed by atoms with Crippen LogP contribution in [0, 0.1) is 0 Å². The number of ether oxygens (including phenoxy) is 1. The molecular weight excluding hydrogens is 568 g/mol. The van der Waals surface area contributed by atoms with Gasteiger partial charge in [-0.1, -0.05) is 30.3 Å². The van der Waals surface area contributed by atoms with E-state index in [2.05, 4.69) is 20.2 Å². The van der Waals surface area contributed by atoms with E-state index in [-0.39, 0.29) is 57.8 Å². The lowest BCUT2D eigenvalue weighted by atomic mass is 10.1. The van der Waals surface area contributed by atoms with Crippen LogP contribution < -0.4 is 10.2 Å². The van der Waals surface area contributed by atoms with Gasteiger partial charge in [-0.05, 0) is 13.3 Å². The number of carbonyl (C=O) groups excluding carboxylic acids is 3. The number of carboxylic acid groups (broad SMARTS) is 2. The molecule has 3 heterocycles. The van der Waals surface area contributed by atoms with Crippen LogP contribution in [0.4, 0.5) is 10.6 Å². The summed E-state index contributed by atoms with van der Waals surface area (Å²) in [5.74, 6) is 0.626. The molecule has 2 aliphatic heterocycles. The standard InChI is InChI=1S/C26H32N6O6S.CH2O2/c1-2-38-26(37)31-12-10-30(11-13-31)25(36)19(8-9-22(33)34)28-24(35)20-16-21(32-14-15-39-17-32)29-23(27-20)18-6-4-3-5-7-18;2-1-3/h3-7,16,19H,2,8-15,17H2,1H3,(H,28,35)(H,33,34);1H,(H,2,3). The van der Waals surface area contributed by atoms with Gasteiger partial charge in [0.1, 0.15) is 17.6 Å². The van der Waals surface area contributed by atoms with Gasteiger partial charge >= 0.3 is 12.1 Å². The Morgan fingerprint density at radius 1 is 1.07 bits per heavy atom. The monoisotopic (exact) mass is 602 g/mol.